The second kappa shape index (κ2) is 8.82. The molecule has 1 saturated heterocycles. The Labute approximate surface area is 206 Å². The molecule has 1 aromatic carbocycles. The number of nitrogens with zero attached hydrogens (tertiary/aromatic N) is 6. The molecule has 1 amide bonds. The van der Waals surface area contributed by atoms with E-state index in [1.807, 2.05) is 18.0 Å². The molecule has 1 fully saturated rings. The van der Waals surface area contributed by atoms with Crippen molar-refractivity contribution < 1.29 is 22.2 Å². The van der Waals surface area contributed by atoms with E-state index in [9.17, 15) is 27.4 Å². The molecule has 1 aromatic heterocycles. The third-order valence-corrected chi connectivity index (χ3v) is 7.35. The van der Waals surface area contributed by atoms with Crippen LogP contribution in [0.5, 0.6) is 0 Å². The fourth-order valence-electron chi connectivity index (χ4n) is 4.36. The lowest BCUT2D eigenvalue weighted by Crippen LogP contribution is -2.58. The van der Waals surface area contributed by atoms with Gasteiger partial charge in [-0.05, 0) is 24.3 Å². The van der Waals surface area contributed by atoms with Gasteiger partial charge in [-0.1, -0.05) is 18.2 Å². The van der Waals surface area contributed by atoms with Crippen LogP contribution in [-0.4, -0.2) is 69.2 Å². The first kappa shape index (κ1) is 25.0. The van der Waals surface area contributed by atoms with Gasteiger partial charge in [0, 0.05) is 48.8 Å². The fraction of sp³-hybridized carbons (Fsp3) is 0.429. The summed E-state index contributed by atoms with van der Waals surface area (Å²) in [5.41, 5.74) is -3.35. The maximum atomic E-state index is 14.0. The topological polar surface area (TPSA) is 98.6 Å². The molecule has 14 heteroatoms. The molecule has 9 nitrogen and oxygen atoms in total. The maximum Gasteiger partial charge on any atom is 0.416 e. The average molecular weight is 526 g/mol. The Morgan fingerprint density at radius 3 is 2.57 bits per heavy atom. The van der Waals surface area contributed by atoms with Gasteiger partial charge in [0.15, 0.2) is 11.4 Å². The van der Waals surface area contributed by atoms with Crippen LogP contribution in [0.3, 0.4) is 0 Å². The number of hydrogen-bond donors (Lipinski definition) is 1. The second-order valence-corrected chi connectivity index (χ2v) is 10.0. The van der Waals surface area contributed by atoms with E-state index >= 15 is 0 Å². The van der Waals surface area contributed by atoms with E-state index in [0.29, 0.717) is 32.2 Å². The average Bonchev–Trinajstić information content (AvgIpc) is 3.16. The Bertz CT molecular complexity index is 1320. The summed E-state index contributed by atoms with van der Waals surface area (Å²) in [6.45, 7) is 9.10. The van der Waals surface area contributed by atoms with Gasteiger partial charge < -0.3 is 20.0 Å². The van der Waals surface area contributed by atoms with Gasteiger partial charge in [-0.15, -0.1) is 4.68 Å². The molecule has 2 aliphatic rings. The van der Waals surface area contributed by atoms with Crippen LogP contribution in [0.15, 0.2) is 17.0 Å². The standard InChI is InChI=1S/C21H19ClF3N7O2S/c1-27-17-16(35(3)34)18-28-20(4-5-26,19(33)31-8-6-30(2)7-9-31)13-10-12(21(23,24)25)11-14(22)15(13)32(18)29-17/h10-11,28H,4,6-9H2,2-3H3. The smallest absolute Gasteiger partial charge is 0.358 e. The molecule has 2 unspecified atom stereocenters. The van der Waals surface area contributed by atoms with Crippen LogP contribution in [0.4, 0.5) is 24.8 Å². The molecular formula is C21H19ClF3N7O2S. The first-order chi connectivity index (χ1) is 16.4. The number of hydrogen-bond acceptors (Lipinski definition) is 6. The van der Waals surface area contributed by atoms with Gasteiger partial charge >= 0.3 is 12.0 Å². The normalized spacial score (nSPS) is 20.7. The zero-order valence-electron chi connectivity index (χ0n) is 18.6. The molecule has 4 rings (SSSR count). The number of anilines is 1. The largest absolute Gasteiger partial charge is 0.416 e. The summed E-state index contributed by atoms with van der Waals surface area (Å²) in [7, 11) is 0.121. The number of benzene rings is 1. The molecule has 0 aliphatic carbocycles. The molecule has 3 heterocycles. The van der Waals surface area contributed by atoms with E-state index in [4.69, 9.17) is 18.2 Å². The fourth-order valence-corrected chi connectivity index (χ4v) is 5.41. The van der Waals surface area contributed by atoms with Crippen molar-refractivity contribution in [1.82, 2.24) is 19.6 Å². The number of halogens is 4. The van der Waals surface area contributed by atoms with Gasteiger partial charge in [0.1, 0.15) is 10.6 Å². The number of nitriles is 1. The first-order valence-electron chi connectivity index (χ1n) is 10.3. The van der Waals surface area contributed by atoms with Gasteiger partial charge in [-0.2, -0.15) is 18.4 Å². The molecule has 0 radical (unpaired) electrons. The lowest BCUT2D eigenvalue weighted by atomic mass is 9.81. The molecule has 35 heavy (non-hydrogen) atoms. The second-order valence-electron chi connectivity index (χ2n) is 8.29. The number of carbonyl (C=O) groups is 1. The summed E-state index contributed by atoms with van der Waals surface area (Å²) in [5.74, 6) is -0.896. The summed E-state index contributed by atoms with van der Waals surface area (Å²) in [6.07, 6.45) is -4.01. The number of likely N-dealkylation sites (N-methyl/N-ethyl adjacent to an activating group) is 1. The zero-order chi connectivity index (χ0) is 25.7. The predicted octanol–water partition coefficient (Wildman–Crippen LogP) is 3.14. The van der Waals surface area contributed by atoms with Crippen molar-refractivity contribution in [2.24, 2.45) is 0 Å². The van der Waals surface area contributed by atoms with Crippen molar-refractivity contribution in [3.8, 4) is 11.8 Å². The third-order valence-electron chi connectivity index (χ3n) is 6.11. The van der Waals surface area contributed by atoms with Crippen molar-refractivity contribution in [2.45, 2.75) is 23.0 Å². The SMILES string of the molecule is [C-]#[N+]c1nn2c(c1S(C)=O)NC(CC#N)(C(=O)N1CCN(C)CC1)c1cc(C(F)(F)F)cc(Cl)c1-2. The summed E-state index contributed by atoms with van der Waals surface area (Å²) in [4.78, 5) is 20.7. The van der Waals surface area contributed by atoms with Crippen LogP contribution < -0.4 is 5.32 Å². The number of amides is 1. The molecule has 2 aliphatic heterocycles. The van der Waals surface area contributed by atoms with Gasteiger partial charge in [-0.25, -0.2) is 0 Å². The van der Waals surface area contributed by atoms with E-state index in [1.54, 1.807) is 0 Å². The van der Waals surface area contributed by atoms with E-state index in [2.05, 4.69) is 15.3 Å². The van der Waals surface area contributed by atoms with Crippen LogP contribution in [0.1, 0.15) is 17.5 Å². The highest BCUT2D eigenvalue weighted by molar-refractivity contribution is 7.84. The number of fused-ring (bicyclic) bond motifs is 3. The number of aromatic nitrogens is 2. The highest BCUT2D eigenvalue weighted by atomic mass is 35.5. The quantitative estimate of drug-likeness (QED) is 0.618. The Kier molecular flexibility index (Phi) is 6.30. The molecule has 184 valence electrons. The number of alkyl halides is 3. The lowest BCUT2D eigenvalue weighted by Gasteiger charge is -2.43. The van der Waals surface area contributed by atoms with Gasteiger partial charge in [0.05, 0.1) is 23.1 Å². The zero-order valence-corrected chi connectivity index (χ0v) is 20.2. The molecule has 1 N–H and O–H groups in total. The minimum absolute atomic E-state index is 0.0243. The number of carbonyl (C=O) groups excluding carboxylic acids is 1. The van der Waals surface area contributed by atoms with Gasteiger partial charge in [0.2, 0.25) is 0 Å². The minimum Gasteiger partial charge on any atom is -0.358 e. The van der Waals surface area contributed by atoms with E-state index in [0.717, 1.165) is 10.7 Å². The third kappa shape index (κ3) is 4.03. The Morgan fingerprint density at radius 2 is 2.03 bits per heavy atom. The van der Waals surface area contributed by atoms with Crippen LogP contribution in [0.2, 0.25) is 5.02 Å². The molecule has 2 atom stereocenters. The molecule has 0 bridgehead atoms. The number of piperazine rings is 1. The van der Waals surface area contributed by atoms with Crippen LogP contribution in [0.25, 0.3) is 10.5 Å². The molecule has 2 aromatic rings. The lowest BCUT2D eigenvalue weighted by molar-refractivity contribution is -0.139. The van der Waals surface area contributed by atoms with Crippen molar-refractivity contribution in [3.63, 3.8) is 0 Å². The van der Waals surface area contributed by atoms with E-state index < -0.39 is 40.4 Å². The summed E-state index contributed by atoms with van der Waals surface area (Å²) >= 11 is 6.35. The van der Waals surface area contributed by atoms with Gasteiger partial charge in [0.25, 0.3) is 5.91 Å². The van der Waals surface area contributed by atoms with Crippen molar-refractivity contribution in [2.75, 3.05) is 44.8 Å². The van der Waals surface area contributed by atoms with Crippen molar-refractivity contribution in [1.29, 1.82) is 5.26 Å². The number of rotatable bonds is 3. The van der Waals surface area contributed by atoms with Crippen LogP contribution in [-0.2, 0) is 27.3 Å². The molecule has 0 spiro atoms. The number of nitrogens with one attached hydrogen (secondary N) is 1. The van der Waals surface area contributed by atoms with Gasteiger partial charge in [-0.3, -0.25) is 9.00 Å². The maximum absolute atomic E-state index is 14.0. The summed E-state index contributed by atoms with van der Waals surface area (Å²) in [5, 5.41) is 16.4. The van der Waals surface area contributed by atoms with Crippen molar-refractivity contribution >= 4 is 39.9 Å². The first-order valence-corrected chi connectivity index (χ1v) is 12.3. The highest BCUT2D eigenvalue weighted by Gasteiger charge is 2.52. The molecular weight excluding hydrogens is 507 g/mol. The van der Waals surface area contributed by atoms with Crippen molar-refractivity contribution in [3.05, 3.63) is 39.7 Å². The highest BCUT2D eigenvalue weighted by Crippen LogP contribution is 2.49. The van der Waals surface area contributed by atoms with E-state index in [-0.39, 0.29) is 32.8 Å². The van der Waals surface area contributed by atoms with E-state index in [1.165, 1.54) is 11.2 Å². The molecule has 0 saturated carbocycles. The Balaban J connectivity index is 2.05. The van der Waals surface area contributed by atoms with Crippen LogP contribution in [0, 0.1) is 17.9 Å². The van der Waals surface area contributed by atoms with Crippen LogP contribution >= 0.6 is 11.6 Å². The Morgan fingerprint density at radius 1 is 1.37 bits per heavy atom. The monoisotopic (exact) mass is 525 g/mol. The minimum atomic E-state index is -4.78. The Hall–Kier alpha value is -3.13. The predicted molar refractivity (Wildman–Crippen MR) is 122 cm³/mol. The summed E-state index contributed by atoms with van der Waals surface area (Å²) < 4.78 is 54.9. The summed E-state index contributed by atoms with van der Waals surface area (Å²) in [6, 6.07) is 3.40.